The molecule has 0 aliphatic carbocycles. The summed E-state index contributed by atoms with van der Waals surface area (Å²) in [6.45, 7) is 5.07. The lowest BCUT2D eigenvalue weighted by Gasteiger charge is -2.33. The number of hydrogen-bond acceptors (Lipinski definition) is 5. The minimum absolute atomic E-state index is 0.0518. The Labute approximate surface area is 221 Å². The summed E-state index contributed by atoms with van der Waals surface area (Å²) in [5.74, 6) is -0.487. The molecular formula is C26H34F3N3O5S. The average Bonchev–Trinajstić information content (AvgIpc) is 2.84. The number of methoxy groups -OCH3 is 1. The van der Waals surface area contributed by atoms with E-state index in [4.69, 9.17) is 4.74 Å². The zero-order chi connectivity index (χ0) is 28.7. The highest BCUT2D eigenvalue weighted by Crippen LogP contribution is 2.32. The minimum atomic E-state index is -4.70. The Morgan fingerprint density at radius 2 is 1.74 bits per heavy atom. The molecule has 0 saturated carbocycles. The first-order valence-electron chi connectivity index (χ1n) is 12.0. The molecule has 0 radical (unpaired) electrons. The van der Waals surface area contributed by atoms with Gasteiger partial charge in [0.05, 0.1) is 24.6 Å². The molecule has 1 N–H and O–H groups in total. The fourth-order valence-electron chi connectivity index (χ4n) is 3.76. The molecule has 38 heavy (non-hydrogen) atoms. The molecule has 2 rings (SSSR count). The number of hydrogen-bond donors (Lipinski definition) is 1. The highest BCUT2D eigenvalue weighted by atomic mass is 32.2. The number of nitrogens with zero attached hydrogens (tertiary/aromatic N) is 2. The maximum atomic E-state index is 13.6. The van der Waals surface area contributed by atoms with E-state index in [-0.39, 0.29) is 24.6 Å². The largest absolute Gasteiger partial charge is 0.497 e. The number of carbonyl (C=O) groups is 2. The number of ether oxygens (including phenoxy) is 1. The van der Waals surface area contributed by atoms with Crippen molar-refractivity contribution in [2.45, 2.75) is 46.0 Å². The maximum absolute atomic E-state index is 13.6. The molecule has 0 saturated heterocycles. The van der Waals surface area contributed by atoms with Gasteiger partial charge in [0.15, 0.2) is 0 Å². The SMILES string of the molecule is CC[C@@H](C(=O)NCC(C)C)N(Cc1cccc(OC)c1)C(=O)CN(c1cccc(C(F)(F)F)c1)S(C)(=O)=O. The van der Waals surface area contributed by atoms with Crippen molar-refractivity contribution in [2.24, 2.45) is 5.92 Å². The van der Waals surface area contributed by atoms with Gasteiger partial charge < -0.3 is 15.0 Å². The lowest BCUT2D eigenvalue weighted by atomic mass is 10.1. The summed E-state index contributed by atoms with van der Waals surface area (Å²) in [4.78, 5) is 27.9. The second-order valence-electron chi connectivity index (χ2n) is 9.25. The highest BCUT2D eigenvalue weighted by molar-refractivity contribution is 7.92. The third-order valence-corrected chi connectivity index (χ3v) is 6.84. The van der Waals surface area contributed by atoms with Gasteiger partial charge in [-0.25, -0.2) is 8.42 Å². The Bertz CT molecular complexity index is 1220. The van der Waals surface area contributed by atoms with E-state index in [1.54, 1.807) is 31.2 Å². The zero-order valence-electron chi connectivity index (χ0n) is 22.1. The number of amides is 2. The van der Waals surface area contributed by atoms with Crippen molar-refractivity contribution in [1.82, 2.24) is 10.2 Å². The van der Waals surface area contributed by atoms with Crippen molar-refractivity contribution >= 4 is 27.5 Å². The fraction of sp³-hybridized carbons (Fsp3) is 0.462. The van der Waals surface area contributed by atoms with Gasteiger partial charge in [0.1, 0.15) is 18.3 Å². The first-order chi connectivity index (χ1) is 17.7. The number of rotatable bonds is 12. The predicted molar refractivity (Wildman–Crippen MR) is 139 cm³/mol. The molecule has 2 amide bonds. The third kappa shape index (κ3) is 8.64. The van der Waals surface area contributed by atoms with E-state index in [2.05, 4.69) is 5.32 Å². The van der Waals surface area contributed by atoms with Crippen LogP contribution in [0.2, 0.25) is 0 Å². The topological polar surface area (TPSA) is 96.0 Å². The van der Waals surface area contributed by atoms with Gasteiger partial charge in [-0.05, 0) is 48.2 Å². The molecular weight excluding hydrogens is 523 g/mol. The highest BCUT2D eigenvalue weighted by Gasteiger charge is 2.34. The van der Waals surface area contributed by atoms with E-state index >= 15 is 0 Å². The molecule has 0 aromatic heterocycles. The van der Waals surface area contributed by atoms with Crippen LogP contribution in [0.3, 0.4) is 0 Å². The summed E-state index contributed by atoms with van der Waals surface area (Å²) in [5, 5.41) is 2.80. The number of sulfonamides is 1. The molecule has 0 aliphatic heterocycles. The van der Waals surface area contributed by atoms with E-state index in [1.165, 1.54) is 18.1 Å². The average molecular weight is 558 g/mol. The number of halogens is 3. The molecule has 0 unspecified atom stereocenters. The van der Waals surface area contributed by atoms with Gasteiger partial charge in [-0.1, -0.05) is 39.0 Å². The summed E-state index contributed by atoms with van der Waals surface area (Å²) < 4.78 is 71.0. The number of nitrogens with one attached hydrogen (secondary N) is 1. The summed E-state index contributed by atoms with van der Waals surface area (Å²) in [6.07, 6.45) is -3.68. The molecule has 0 heterocycles. The normalized spacial score (nSPS) is 12.7. The maximum Gasteiger partial charge on any atom is 0.416 e. The minimum Gasteiger partial charge on any atom is -0.497 e. The lowest BCUT2D eigenvalue weighted by Crippen LogP contribution is -2.52. The van der Waals surface area contributed by atoms with Crippen LogP contribution in [0.5, 0.6) is 5.75 Å². The van der Waals surface area contributed by atoms with Crippen LogP contribution in [0.4, 0.5) is 18.9 Å². The Balaban J connectivity index is 2.49. The number of benzene rings is 2. The molecule has 8 nitrogen and oxygen atoms in total. The second kappa shape index (κ2) is 13.0. The van der Waals surface area contributed by atoms with Gasteiger partial charge in [-0.3, -0.25) is 13.9 Å². The molecule has 2 aromatic carbocycles. The lowest BCUT2D eigenvalue weighted by molar-refractivity contribution is -0.140. The van der Waals surface area contributed by atoms with Crippen molar-refractivity contribution in [3.05, 3.63) is 59.7 Å². The predicted octanol–water partition coefficient (Wildman–Crippen LogP) is 4.06. The first kappa shape index (κ1) is 30.9. The summed E-state index contributed by atoms with van der Waals surface area (Å²) >= 11 is 0. The quantitative estimate of drug-likeness (QED) is 0.425. The first-order valence-corrected chi connectivity index (χ1v) is 13.9. The molecule has 12 heteroatoms. The fourth-order valence-corrected chi connectivity index (χ4v) is 4.60. The van der Waals surface area contributed by atoms with Crippen molar-refractivity contribution < 1.29 is 35.9 Å². The van der Waals surface area contributed by atoms with Crippen LogP contribution in [-0.4, -0.2) is 57.6 Å². The monoisotopic (exact) mass is 557 g/mol. The van der Waals surface area contributed by atoms with Crippen LogP contribution < -0.4 is 14.4 Å². The van der Waals surface area contributed by atoms with Gasteiger partial charge >= 0.3 is 6.18 Å². The molecule has 2 aromatic rings. The Hall–Kier alpha value is -3.28. The van der Waals surface area contributed by atoms with Crippen molar-refractivity contribution in [1.29, 1.82) is 0 Å². The van der Waals surface area contributed by atoms with Gasteiger partial charge in [0.2, 0.25) is 21.8 Å². The zero-order valence-corrected chi connectivity index (χ0v) is 22.9. The van der Waals surface area contributed by atoms with E-state index in [9.17, 15) is 31.2 Å². The molecule has 0 fully saturated rings. The van der Waals surface area contributed by atoms with Gasteiger partial charge in [0, 0.05) is 13.1 Å². The second-order valence-corrected chi connectivity index (χ2v) is 11.2. The Morgan fingerprint density at radius 3 is 2.29 bits per heavy atom. The van der Waals surface area contributed by atoms with Crippen LogP contribution in [0.15, 0.2) is 48.5 Å². The Kier molecular flexibility index (Phi) is 10.6. The summed E-state index contributed by atoms with van der Waals surface area (Å²) in [5.41, 5.74) is -0.740. The smallest absolute Gasteiger partial charge is 0.416 e. The molecule has 210 valence electrons. The van der Waals surface area contributed by atoms with Crippen LogP contribution in [0.25, 0.3) is 0 Å². The van der Waals surface area contributed by atoms with E-state index in [1.807, 2.05) is 13.8 Å². The van der Waals surface area contributed by atoms with E-state index in [0.29, 0.717) is 28.2 Å². The number of anilines is 1. The van der Waals surface area contributed by atoms with Crippen LogP contribution in [0.1, 0.15) is 38.3 Å². The summed E-state index contributed by atoms with van der Waals surface area (Å²) in [7, 11) is -2.69. The van der Waals surface area contributed by atoms with E-state index in [0.717, 1.165) is 18.4 Å². The molecule has 0 spiro atoms. The number of alkyl halides is 3. The van der Waals surface area contributed by atoms with Crippen LogP contribution >= 0.6 is 0 Å². The summed E-state index contributed by atoms with van der Waals surface area (Å²) in [6, 6.07) is 9.62. The van der Waals surface area contributed by atoms with E-state index < -0.39 is 46.2 Å². The van der Waals surface area contributed by atoms with Crippen LogP contribution in [0, 0.1) is 5.92 Å². The molecule has 1 atom stereocenters. The third-order valence-electron chi connectivity index (χ3n) is 5.70. The van der Waals surface area contributed by atoms with Crippen molar-refractivity contribution in [3.8, 4) is 5.75 Å². The van der Waals surface area contributed by atoms with Gasteiger partial charge in [0.25, 0.3) is 0 Å². The van der Waals surface area contributed by atoms with Crippen molar-refractivity contribution in [2.75, 3.05) is 30.8 Å². The molecule has 0 bridgehead atoms. The van der Waals surface area contributed by atoms with Gasteiger partial charge in [-0.15, -0.1) is 0 Å². The number of carbonyl (C=O) groups excluding carboxylic acids is 2. The molecule has 0 aliphatic rings. The van der Waals surface area contributed by atoms with Gasteiger partial charge in [-0.2, -0.15) is 13.2 Å². The van der Waals surface area contributed by atoms with Crippen molar-refractivity contribution in [3.63, 3.8) is 0 Å². The van der Waals surface area contributed by atoms with Crippen LogP contribution in [-0.2, 0) is 32.3 Å². The standard InChI is InChI=1S/C26H34F3N3O5S/c1-6-23(25(34)30-15-18(2)3)31(16-19-9-7-12-22(13-19)37-4)24(33)17-32(38(5,35)36)21-11-8-10-20(14-21)26(27,28)29/h7-14,18,23H,6,15-17H2,1-5H3,(H,30,34)/t23-/m0/s1. The Morgan fingerprint density at radius 1 is 1.08 bits per heavy atom.